The van der Waals surface area contributed by atoms with Gasteiger partial charge in [0.15, 0.2) is 0 Å². The second-order valence-electron chi connectivity index (χ2n) is 6.95. The number of carbonyl (C=O) groups is 1. The van der Waals surface area contributed by atoms with Crippen LogP contribution in [0.2, 0.25) is 5.15 Å². The van der Waals surface area contributed by atoms with E-state index >= 15 is 0 Å². The highest BCUT2D eigenvalue weighted by Gasteiger charge is 2.39. The number of pyridine rings is 1. The van der Waals surface area contributed by atoms with Crippen LogP contribution in [0, 0.1) is 11.3 Å². The first-order chi connectivity index (χ1) is 13.9. The van der Waals surface area contributed by atoms with Crippen LogP contribution in [0.5, 0.6) is 5.75 Å². The molecule has 8 heteroatoms. The molecule has 1 aliphatic heterocycles. The predicted molar refractivity (Wildman–Crippen MR) is 114 cm³/mol. The van der Waals surface area contributed by atoms with Crippen molar-refractivity contribution in [2.24, 2.45) is 0 Å². The molecule has 1 fully saturated rings. The third-order valence-corrected chi connectivity index (χ3v) is 5.77. The zero-order chi connectivity index (χ0) is 21.0. The number of nitriles is 1. The molecular formula is C21H22BrClN4O2. The SMILES string of the molecule is COc1ccc(CN2CCN(C(C)=O)[C@H](c3cc(Cl)nc(Br)c3)[C@H]2CC#N)cc1. The summed E-state index contributed by atoms with van der Waals surface area (Å²) in [4.78, 5) is 20.6. The molecule has 1 aromatic heterocycles. The van der Waals surface area contributed by atoms with E-state index in [2.05, 4.69) is 31.9 Å². The van der Waals surface area contributed by atoms with E-state index in [0.717, 1.165) is 16.9 Å². The Kier molecular flexibility index (Phi) is 7.12. The molecule has 152 valence electrons. The van der Waals surface area contributed by atoms with Gasteiger partial charge in [0.05, 0.1) is 25.6 Å². The average Bonchev–Trinajstić information content (AvgIpc) is 2.68. The van der Waals surface area contributed by atoms with E-state index in [9.17, 15) is 10.1 Å². The van der Waals surface area contributed by atoms with Crippen LogP contribution in [0.25, 0.3) is 0 Å². The largest absolute Gasteiger partial charge is 0.497 e. The van der Waals surface area contributed by atoms with Gasteiger partial charge in [-0.2, -0.15) is 5.26 Å². The lowest BCUT2D eigenvalue weighted by Crippen LogP contribution is -2.55. The van der Waals surface area contributed by atoms with Crippen LogP contribution in [0.4, 0.5) is 0 Å². The van der Waals surface area contributed by atoms with E-state index < -0.39 is 0 Å². The number of carbonyl (C=O) groups excluding carboxylic acids is 1. The summed E-state index contributed by atoms with van der Waals surface area (Å²) in [6.07, 6.45) is 0.294. The van der Waals surface area contributed by atoms with E-state index in [1.165, 1.54) is 0 Å². The summed E-state index contributed by atoms with van der Waals surface area (Å²) in [6, 6.07) is 13.4. The van der Waals surface area contributed by atoms with E-state index in [0.29, 0.717) is 35.8 Å². The number of nitrogens with zero attached hydrogens (tertiary/aromatic N) is 4. The Morgan fingerprint density at radius 2 is 2.07 bits per heavy atom. The van der Waals surface area contributed by atoms with E-state index in [1.807, 2.05) is 35.2 Å². The van der Waals surface area contributed by atoms with Gasteiger partial charge in [-0.1, -0.05) is 23.7 Å². The molecule has 0 spiro atoms. The number of amides is 1. The first-order valence-corrected chi connectivity index (χ1v) is 10.4. The number of piperazine rings is 1. The minimum atomic E-state index is -0.282. The van der Waals surface area contributed by atoms with Gasteiger partial charge in [-0.3, -0.25) is 9.69 Å². The number of hydrogen-bond donors (Lipinski definition) is 0. The summed E-state index contributed by atoms with van der Waals surface area (Å²) < 4.78 is 5.84. The van der Waals surface area contributed by atoms with Crippen molar-refractivity contribution in [2.45, 2.75) is 32.0 Å². The fourth-order valence-electron chi connectivity index (χ4n) is 3.85. The second-order valence-corrected chi connectivity index (χ2v) is 8.15. The Morgan fingerprint density at radius 1 is 1.34 bits per heavy atom. The normalized spacial score (nSPS) is 19.6. The summed E-state index contributed by atoms with van der Waals surface area (Å²) in [5.74, 6) is 0.781. The van der Waals surface area contributed by atoms with Crippen molar-refractivity contribution >= 4 is 33.4 Å². The highest BCUT2D eigenvalue weighted by atomic mass is 79.9. The molecule has 2 atom stereocenters. The minimum Gasteiger partial charge on any atom is -0.497 e. The summed E-state index contributed by atoms with van der Waals surface area (Å²) >= 11 is 9.57. The molecule has 3 rings (SSSR count). The number of rotatable bonds is 5. The van der Waals surface area contributed by atoms with E-state index in [-0.39, 0.29) is 18.0 Å². The third-order valence-electron chi connectivity index (χ3n) is 5.17. The number of hydrogen-bond acceptors (Lipinski definition) is 5. The zero-order valence-electron chi connectivity index (χ0n) is 16.3. The molecule has 1 aromatic carbocycles. The number of aromatic nitrogens is 1. The lowest BCUT2D eigenvalue weighted by atomic mass is 9.92. The van der Waals surface area contributed by atoms with E-state index in [1.54, 1.807) is 20.1 Å². The quantitative estimate of drug-likeness (QED) is 0.604. The highest BCUT2D eigenvalue weighted by molar-refractivity contribution is 9.10. The molecule has 1 amide bonds. The van der Waals surface area contributed by atoms with Crippen LogP contribution >= 0.6 is 27.5 Å². The van der Waals surface area contributed by atoms with Crippen LogP contribution in [0.15, 0.2) is 41.0 Å². The Labute approximate surface area is 184 Å². The number of ether oxygens (including phenoxy) is 1. The molecule has 1 aliphatic rings. The van der Waals surface area contributed by atoms with Crippen molar-refractivity contribution in [3.05, 3.63) is 57.3 Å². The van der Waals surface area contributed by atoms with Crippen LogP contribution in [-0.4, -0.2) is 46.9 Å². The van der Waals surface area contributed by atoms with Gasteiger partial charge in [0.25, 0.3) is 0 Å². The summed E-state index contributed by atoms with van der Waals surface area (Å²) in [5, 5.41) is 9.87. The first-order valence-electron chi connectivity index (χ1n) is 9.27. The lowest BCUT2D eigenvalue weighted by molar-refractivity contribution is -0.136. The van der Waals surface area contributed by atoms with E-state index in [4.69, 9.17) is 16.3 Å². The van der Waals surface area contributed by atoms with Crippen molar-refractivity contribution in [1.82, 2.24) is 14.8 Å². The number of methoxy groups -OCH3 is 1. The summed E-state index contributed by atoms with van der Waals surface area (Å²) in [7, 11) is 1.64. The fourth-order valence-corrected chi connectivity index (χ4v) is 4.63. The maximum atomic E-state index is 12.4. The first kappa shape index (κ1) is 21.6. The van der Waals surface area contributed by atoms with Gasteiger partial charge in [0.1, 0.15) is 15.5 Å². The molecule has 0 bridgehead atoms. The Morgan fingerprint density at radius 3 is 2.66 bits per heavy atom. The van der Waals surface area contributed by atoms with Gasteiger partial charge >= 0.3 is 0 Å². The molecule has 1 saturated heterocycles. The van der Waals surface area contributed by atoms with Crippen molar-refractivity contribution in [1.29, 1.82) is 5.26 Å². The van der Waals surface area contributed by atoms with Crippen LogP contribution in [-0.2, 0) is 11.3 Å². The molecule has 0 N–H and O–H groups in total. The Hall–Kier alpha value is -2.14. The summed E-state index contributed by atoms with van der Waals surface area (Å²) in [6.45, 7) is 3.51. The lowest BCUT2D eigenvalue weighted by Gasteiger charge is -2.47. The van der Waals surface area contributed by atoms with Crippen molar-refractivity contribution < 1.29 is 9.53 Å². The van der Waals surface area contributed by atoms with Gasteiger partial charge in [-0.15, -0.1) is 0 Å². The van der Waals surface area contributed by atoms with Crippen LogP contribution in [0.3, 0.4) is 0 Å². The molecule has 0 unspecified atom stereocenters. The fraction of sp³-hybridized carbons (Fsp3) is 0.381. The van der Waals surface area contributed by atoms with Gasteiger partial charge in [0.2, 0.25) is 5.91 Å². The highest BCUT2D eigenvalue weighted by Crippen LogP contribution is 2.35. The smallest absolute Gasteiger partial charge is 0.220 e. The second kappa shape index (κ2) is 9.57. The molecular weight excluding hydrogens is 456 g/mol. The van der Waals surface area contributed by atoms with Crippen molar-refractivity contribution in [3.63, 3.8) is 0 Å². The minimum absolute atomic E-state index is 0.0221. The van der Waals surface area contributed by atoms with Gasteiger partial charge < -0.3 is 9.64 Å². The number of benzene rings is 1. The van der Waals surface area contributed by atoms with Gasteiger partial charge in [-0.25, -0.2) is 4.98 Å². The molecule has 0 radical (unpaired) electrons. The number of halogens is 2. The predicted octanol–water partition coefficient (Wildman–Crippen LogP) is 4.19. The zero-order valence-corrected chi connectivity index (χ0v) is 18.7. The molecule has 0 aliphatic carbocycles. The van der Waals surface area contributed by atoms with Crippen molar-refractivity contribution in [3.8, 4) is 11.8 Å². The molecule has 0 saturated carbocycles. The molecule has 6 nitrogen and oxygen atoms in total. The average molecular weight is 478 g/mol. The monoisotopic (exact) mass is 476 g/mol. The maximum Gasteiger partial charge on any atom is 0.220 e. The Balaban J connectivity index is 1.96. The molecule has 29 heavy (non-hydrogen) atoms. The summed E-state index contributed by atoms with van der Waals surface area (Å²) in [5.41, 5.74) is 1.99. The maximum absolute atomic E-state index is 12.4. The third kappa shape index (κ3) is 5.08. The van der Waals surface area contributed by atoms with Crippen molar-refractivity contribution in [2.75, 3.05) is 20.2 Å². The molecule has 2 heterocycles. The topological polar surface area (TPSA) is 69.5 Å². The molecule has 2 aromatic rings. The van der Waals surface area contributed by atoms with Gasteiger partial charge in [0, 0.05) is 32.6 Å². The Bertz CT molecular complexity index is 896. The van der Waals surface area contributed by atoms with Crippen LogP contribution in [0.1, 0.15) is 30.5 Å². The standard InChI is InChI=1S/C21H22BrClN4O2/c1-14(28)27-10-9-26(13-15-3-5-17(29-2)6-4-15)18(7-8-24)21(27)16-11-19(22)25-20(23)12-16/h3-6,11-12,18,21H,7,9-10,13H2,1-2H3/t18-,21-/m1/s1. The van der Waals surface area contributed by atoms with Crippen LogP contribution < -0.4 is 4.74 Å². The van der Waals surface area contributed by atoms with Gasteiger partial charge in [-0.05, 0) is 51.3 Å².